The maximum Gasteiger partial charge on any atom is 0.328 e. The summed E-state index contributed by atoms with van der Waals surface area (Å²) in [5.41, 5.74) is 0.418. The van der Waals surface area contributed by atoms with E-state index in [-0.39, 0.29) is 10.9 Å². The Morgan fingerprint density at radius 1 is 1.48 bits per heavy atom. The number of aliphatic carboxylic acids is 1. The summed E-state index contributed by atoms with van der Waals surface area (Å²) in [6.07, 6.45) is 7.60. The molecular formula is C14H20N2O4S. The standard InChI is InChI=1S/C14H20N2O4S/c1-3-4-5-11(2)16-21(19,20)13-8-12(9-15-10-13)6-7-14(17)18/h6-11,16H,3-5H2,1-2H3,(H,17,18). The van der Waals surface area contributed by atoms with Crippen molar-refractivity contribution in [3.05, 3.63) is 30.1 Å². The molecule has 1 aromatic heterocycles. The fraction of sp³-hybridized carbons (Fsp3) is 0.429. The van der Waals surface area contributed by atoms with E-state index >= 15 is 0 Å². The van der Waals surface area contributed by atoms with Gasteiger partial charge in [0.1, 0.15) is 4.90 Å². The summed E-state index contributed by atoms with van der Waals surface area (Å²) in [6.45, 7) is 3.86. The van der Waals surface area contributed by atoms with Gasteiger partial charge in [-0.15, -0.1) is 0 Å². The molecule has 116 valence electrons. The van der Waals surface area contributed by atoms with Crippen LogP contribution in [0, 0.1) is 0 Å². The van der Waals surface area contributed by atoms with Crippen molar-refractivity contribution in [1.82, 2.24) is 9.71 Å². The topological polar surface area (TPSA) is 96.4 Å². The van der Waals surface area contributed by atoms with E-state index < -0.39 is 16.0 Å². The van der Waals surface area contributed by atoms with E-state index in [1.54, 1.807) is 0 Å². The Labute approximate surface area is 125 Å². The van der Waals surface area contributed by atoms with Crippen LogP contribution in [0.4, 0.5) is 0 Å². The first-order chi connectivity index (χ1) is 9.85. The summed E-state index contributed by atoms with van der Waals surface area (Å²) in [6, 6.07) is 1.23. The summed E-state index contributed by atoms with van der Waals surface area (Å²) in [7, 11) is -3.64. The van der Waals surface area contributed by atoms with E-state index in [9.17, 15) is 13.2 Å². The van der Waals surface area contributed by atoms with Crippen LogP contribution in [-0.2, 0) is 14.8 Å². The van der Waals surface area contributed by atoms with Crippen LogP contribution >= 0.6 is 0 Å². The van der Waals surface area contributed by atoms with Crippen LogP contribution in [0.1, 0.15) is 38.7 Å². The predicted octanol–water partition coefficient (Wildman–Crippen LogP) is 2.04. The van der Waals surface area contributed by atoms with E-state index in [2.05, 4.69) is 9.71 Å². The van der Waals surface area contributed by atoms with Crippen molar-refractivity contribution >= 4 is 22.1 Å². The predicted molar refractivity (Wildman–Crippen MR) is 80.2 cm³/mol. The van der Waals surface area contributed by atoms with Crippen molar-refractivity contribution in [2.75, 3.05) is 0 Å². The molecule has 0 radical (unpaired) electrons. The number of nitrogens with one attached hydrogen (secondary N) is 1. The molecule has 0 spiro atoms. The SMILES string of the molecule is CCCCC(C)NS(=O)(=O)c1cncc(C=CC(=O)O)c1. The fourth-order valence-electron chi connectivity index (χ4n) is 1.74. The van der Waals surface area contributed by atoms with E-state index in [0.717, 1.165) is 25.3 Å². The Morgan fingerprint density at radius 3 is 2.81 bits per heavy atom. The molecule has 0 aliphatic carbocycles. The van der Waals surface area contributed by atoms with Crippen molar-refractivity contribution in [2.24, 2.45) is 0 Å². The minimum atomic E-state index is -3.64. The Kier molecular flexibility index (Phi) is 6.51. The molecule has 0 saturated heterocycles. The van der Waals surface area contributed by atoms with E-state index in [4.69, 9.17) is 5.11 Å². The van der Waals surface area contributed by atoms with Crippen molar-refractivity contribution in [1.29, 1.82) is 0 Å². The van der Waals surface area contributed by atoms with Crippen molar-refractivity contribution in [2.45, 2.75) is 44.0 Å². The highest BCUT2D eigenvalue weighted by Gasteiger charge is 2.17. The number of unbranched alkanes of at least 4 members (excludes halogenated alkanes) is 1. The molecule has 0 fully saturated rings. The van der Waals surface area contributed by atoms with Gasteiger partial charge in [-0.3, -0.25) is 4.98 Å². The van der Waals surface area contributed by atoms with Gasteiger partial charge in [0.05, 0.1) is 0 Å². The average molecular weight is 312 g/mol. The number of hydrogen-bond acceptors (Lipinski definition) is 4. The number of hydrogen-bond donors (Lipinski definition) is 2. The molecular weight excluding hydrogens is 292 g/mol. The molecule has 0 saturated carbocycles. The first-order valence-corrected chi connectivity index (χ1v) is 8.22. The van der Waals surface area contributed by atoms with Crippen molar-refractivity contribution < 1.29 is 18.3 Å². The monoisotopic (exact) mass is 312 g/mol. The molecule has 1 atom stereocenters. The molecule has 0 bridgehead atoms. The number of nitrogens with zero attached hydrogens (tertiary/aromatic N) is 1. The molecule has 6 nitrogen and oxygen atoms in total. The van der Waals surface area contributed by atoms with Gasteiger partial charge in [0.25, 0.3) is 0 Å². The first-order valence-electron chi connectivity index (χ1n) is 6.73. The van der Waals surface area contributed by atoms with Crippen LogP contribution < -0.4 is 4.72 Å². The number of sulfonamides is 1. The summed E-state index contributed by atoms with van der Waals surface area (Å²) < 4.78 is 27.0. The third-order valence-corrected chi connectivity index (χ3v) is 4.37. The lowest BCUT2D eigenvalue weighted by Crippen LogP contribution is -2.32. The maximum atomic E-state index is 12.2. The third-order valence-electron chi connectivity index (χ3n) is 2.81. The highest BCUT2D eigenvalue weighted by molar-refractivity contribution is 7.89. The lowest BCUT2D eigenvalue weighted by Gasteiger charge is -2.13. The molecule has 1 unspecified atom stereocenters. The average Bonchev–Trinajstić information content (AvgIpc) is 2.43. The molecule has 1 rings (SSSR count). The molecule has 0 aliphatic rings. The maximum absolute atomic E-state index is 12.2. The number of rotatable bonds is 8. The molecule has 1 aromatic rings. The molecule has 7 heteroatoms. The molecule has 21 heavy (non-hydrogen) atoms. The zero-order valence-electron chi connectivity index (χ0n) is 12.1. The van der Waals surface area contributed by atoms with Crippen LogP contribution in [0.2, 0.25) is 0 Å². The van der Waals surface area contributed by atoms with Gasteiger partial charge in [-0.05, 0) is 31.1 Å². The van der Waals surface area contributed by atoms with E-state index in [0.29, 0.717) is 5.56 Å². The fourth-order valence-corrected chi connectivity index (χ4v) is 3.02. The number of carbonyl (C=O) groups is 1. The second kappa shape index (κ2) is 7.90. The summed E-state index contributed by atoms with van der Waals surface area (Å²) in [5, 5.41) is 8.57. The normalized spacial score (nSPS) is 13.4. The van der Waals surface area contributed by atoms with Gasteiger partial charge in [-0.25, -0.2) is 17.9 Å². The zero-order valence-corrected chi connectivity index (χ0v) is 12.9. The number of aromatic nitrogens is 1. The second-order valence-corrected chi connectivity index (χ2v) is 6.50. The van der Waals surface area contributed by atoms with Crippen molar-refractivity contribution in [3.8, 4) is 0 Å². The quantitative estimate of drug-likeness (QED) is 0.716. The molecule has 0 aliphatic heterocycles. The van der Waals surface area contributed by atoms with Gasteiger partial charge in [-0.2, -0.15) is 0 Å². The molecule has 0 amide bonds. The minimum absolute atomic E-state index is 0.0263. The van der Waals surface area contributed by atoms with Gasteiger partial charge < -0.3 is 5.11 Å². The van der Waals surface area contributed by atoms with Crippen LogP contribution in [0.25, 0.3) is 6.08 Å². The Balaban J connectivity index is 2.88. The Morgan fingerprint density at radius 2 is 2.19 bits per heavy atom. The number of carboxylic acid groups (broad SMARTS) is 1. The highest BCUT2D eigenvalue weighted by atomic mass is 32.2. The largest absolute Gasteiger partial charge is 0.478 e. The van der Waals surface area contributed by atoms with Gasteiger partial charge >= 0.3 is 5.97 Å². The van der Waals surface area contributed by atoms with Gasteiger partial charge in [-0.1, -0.05) is 19.8 Å². The highest BCUT2D eigenvalue weighted by Crippen LogP contribution is 2.12. The summed E-state index contributed by atoms with van der Waals surface area (Å²) >= 11 is 0. The van der Waals surface area contributed by atoms with Gasteiger partial charge in [0.15, 0.2) is 0 Å². The Hall–Kier alpha value is -1.73. The Bertz CT molecular complexity index is 611. The smallest absolute Gasteiger partial charge is 0.328 e. The van der Waals surface area contributed by atoms with Gasteiger partial charge in [0, 0.05) is 24.5 Å². The third kappa shape index (κ3) is 6.05. The summed E-state index contributed by atoms with van der Waals surface area (Å²) in [5.74, 6) is -1.10. The molecule has 1 heterocycles. The lowest BCUT2D eigenvalue weighted by molar-refractivity contribution is -0.131. The zero-order chi connectivity index (χ0) is 15.9. The second-order valence-electron chi connectivity index (χ2n) is 4.79. The minimum Gasteiger partial charge on any atom is -0.478 e. The number of pyridine rings is 1. The molecule has 0 aromatic carbocycles. The van der Waals surface area contributed by atoms with Crippen molar-refractivity contribution in [3.63, 3.8) is 0 Å². The van der Waals surface area contributed by atoms with Gasteiger partial charge in [0.2, 0.25) is 10.0 Å². The number of carboxylic acids is 1. The lowest BCUT2D eigenvalue weighted by atomic mass is 10.2. The van der Waals surface area contributed by atoms with E-state index in [1.807, 2.05) is 13.8 Å². The van der Waals surface area contributed by atoms with Crippen LogP contribution in [-0.4, -0.2) is 30.5 Å². The van der Waals surface area contributed by atoms with Crippen LogP contribution in [0.5, 0.6) is 0 Å². The first kappa shape index (κ1) is 17.3. The molecule has 2 N–H and O–H groups in total. The van der Waals surface area contributed by atoms with Crippen LogP contribution in [0.15, 0.2) is 29.4 Å². The summed E-state index contributed by atoms with van der Waals surface area (Å²) in [4.78, 5) is 14.3. The van der Waals surface area contributed by atoms with Crippen LogP contribution in [0.3, 0.4) is 0 Å². The van der Waals surface area contributed by atoms with E-state index in [1.165, 1.54) is 24.5 Å².